The van der Waals surface area contributed by atoms with Crippen molar-refractivity contribution >= 4 is 8.32 Å². The molecule has 72 valence electrons. The lowest BCUT2D eigenvalue weighted by molar-refractivity contribution is 0.0538. The molecule has 1 saturated heterocycles. The quantitative estimate of drug-likeness (QED) is 0.668. The van der Waals surface area contributed by atoms with Crippen molar-refractivity contribution in [2.24, 2.45) is 0 Å². The second kappa shape index (κ2) is 3.48. The van der Waals surface area contributed by atoms with E-state index in [0.29, 0.717) is 0 Å². The monoisotopic (exact) mass is 187 g/mol. The zero-order valence-corrected chi connectivity index (χ0v) is 9.74. The Morgan fingerprint density at radius 2 is 2.00 bits per heavy atom. The predicted octanol–water partition coefficient (Wildman–Crippen LogP) is 1.98. The SMILES string of the molecule is CC1(O[Si](C)(C)C)CCCNC1. The van der Waals surface area contributed by atoms with Crippen molar-refractivity contribution in [3.63, 3.8) is 0 Å². The third-order valence-electron chi connectivity index (χ3n) is 2.11. The second-order valence-corrected chi connectivity index (χ2v) is 9.37. The summed E-state index contributed by atoms with van der Waals surface area (Å²) >= 11 is 0. The van der Waals surface area contributed by atoms with Crippen molar-refractivity contribution in [3.8, 4) is 0 Å². The van der Waals surface area contributed by atoms with Crippen molar-refractivity contribution in [1.29, 1.82) is 0 Å². The first-order valence-electron chi connectivity index (χ1n) is 4.82. The van der Waals surface area contributed by atoms with Crippen LogP contribution in [0.1, 0.15) is 19.8 Å². The summed E-state index contributed by atoms with van der Waals surface area (Å²) in [5.74, 6) is 0. The number of hydrogen-bond acceptors (Lipinski definition) is 2. The van der Waals surface area contributed by atoms with Gasteiger partial charge in [-0.3, -0.25) is 0 Å². The maximum Gasteiger partial charge on any atom is 0.184 e. The Hall–Kier alpha value is 0.137. The summed E-state index contributed by atoms with van der Waals surface area (Å²) in [5, 5.41) is 3.40. The van der Waals surface area contributed by atoms with Gasteiger partial charge in [-0.15, -0.1) is 0 Å². The van der Waals surface area contributed by atoms with Gasteiger partial charge in [0.2, 0.25) is 0 Å². The Labute approximate surface area is 76.8 Å². The normalized spacial score (nSPS) is 32.0. The second-order valence-electron chi connectivity index (χ2n) is 4.94. The van der Waals surface area contributed by atoms with E-state index in [4.69, 9.17) is 4.43 Å². The van der Waals surface area contributed by atoms with Crippen molar-refractivity contribution in [1.82, 2.24) is 5.32 Å². The Kier molecular flexibility index (Phi) is 2.96. The average Bonchev–Trinajstić information content (AvgIpc) is 1.83. The van der Waals surface area contributed by atoms with Crippen LogP contribution in [0.2, 0.25) is 19.6 Å². The minimum absolute atomic E-state index is 0.114. The van der Waals surface area contributed by atoms with Crippen LogP contribution in [0.3, 0.4) is 0 Å². The molecule has 1 unspecified atom stereocenters. The molecule has 1 N–H and O–H groups in total. The summed E-state index contributed by atoms with van der Waals surface area (Å²) in [5.41, 5.74) is 0.114. The molecule has 0 aromatic heterocycles. The van der Waals surface area contributed by atoms with E-state index in [9.17, 15) is 0 Å². The summed E-state index contributed by atoms with van der Waals surface area (Å²) < 4.78 is 6.14. The van der Waals surface area contributed by atoms with Gasteiger partial charge in [0.25, 0.3) is 0 Å². The van der Waals surface area contributed by atoms with Crippen molar-refractivity contribution in [2.75, 3.05) is 13.1 Å². The highest BCUT2D eigenvalue weighted by molar-refractivity contribution is 6.69. The molecule has 1 aliphatic rings. The standard InChI is InChI=1S/C9H21NOSi/c1-9(11-12(2,3)4)6-5-7-10-8-9/h10H,5-8H2,1-4H3. The zero-order valence-electron chi connectivity index (χ0n) is 8.74. The van der Waals surface area contributed by atoms with Gasteiger partial charge in [-0.1, -0.05) is 0 Å². The van der Waals surface area contributed by atoms with Gasteiger partial charge >= 0.3 is 0 Å². The van der Waals surface area contributed by atoms with E-state index >= 15 is 0 Å². The van der Waals surface area contributed by atoms with Gasteiger partial charge in [-0.2, -0.15) is 0 Å². The first-order valence-corrected chi connectivity index (χ1v) is 8.23. The fraction of sp³-hybridized carbons (Fsp3) is 1.00. The fourth-order valence-electron chi connectivity index (χ4n) is 1.85. The van der Waals surface area contributed by atoms with Gasteiger partial charge in [0.05, 0.1) is 5.60 Å². The molecule has 12 heavy (non-hydrogen) atoms. The molecule has 1 fully saturated rings. The van der Waals surface area contributed by atoms with E-state index < -0.39 is 8.32 Å². The van der Waals surface area contributed by atoms with Crippen molar-refractivity contribution in [3.05, 3.63) is 0 Å². The molecule has 0 spiro atoms. The van der Waals surface area contributed by atoms with E-state index in [1.165, 1.54) is 12.8 Å². The van der Waals surface area contributed by atoms with Crippen LogP contribution in [0.5, 0.6) is 0 Å². The van der Waals surface area contributed by atoms with Gasteiger partial charge in [-0.25, -0.2) is 0 Å². The van der Waals surface area contributed by atoms with Crippen molar-refractivity contribution in [2.45, 2.75) is 45.0 Å². The van der Waals surface area contributed by atoms with E-state index in [1.54, 1.807) is 0 Å². The molecule has 0 amide bonds. The topological polar surface area (TPSA) is 21.3 Å². The van der Waals surface area contributed by atoms with E-state index in [2.05, 4.69) is 31.9 Å². The molecular weight excluding hydrogens is 166 g/mol. The van der Waals surface area contributed by atoms with Gasteiger partial charge in [0.15, 0.2) is 8.32 Å². The number of hydrogen-bond donors (Lipinski definition) is 1. The van der Waals surface area contributed by atoms with Gasteiger partial charge < -0.3 is 9.74 Å². The smallest absolute Gasteiger partial charge is 0.184 e. The number of rotatable bonds is 2. The molecular formula is C9H21NOSi. The Morgan fingerprint density at radius 1 is 1.33 bits per heavy atom. The largest absolute Gasteiger partial charge is 0.411 e. The molecule has 0 radical (unpaired) electrons. The van der Waals surface area contributed by atoms with Crippen LogP contribution in [0.15, 0.2) is 0 Å². The Bertz CT molecular complexity index is 147. The molecule has 3 heteroatoms. The molecule has 0 aromatic carbocycles. The first-order chi connectivity index (χ1) is 5.41. The summed E-state index contributed by atoms with van der Waals surface area (Å²) in [6.45, 7) is 11.2. The van der Waals surface area contributed by atoms with Gasteiger partial charge in [-0.05, 0) is 46.0 Å². The number of piperidine rings is 1. The lowest BCUT2D eigenvalue weighted by Gasteiger charge is -2.39. The van der Waals surface area contributed by atoms with Crippen LogP contribution >= 0.6 is 0 Å². The van der Waals surface area contributed by atoms with E-state index in [0.717, 1.165) is 13.1 Å². The molecule has 2 nitrogen and oxygen atoms in total. The summed E-state index contributed by atoms with van der Waals surface area (Å²) in [7, 11) is -1.36. The van der Waals surface area contributed by atoms with Crippen LogP contribution in [0.4, 0.5) is 0 Å². The van der Waals surface area contributed by atoms with Crippen LogP contribution in [-0.4, -0.2) is 27.0 Å². The van der Waals surface area contributed by atoms with Gasteiger partial charge in [0, 0.05) is 6.54 Å². The summed E-state index contributed by atoms with van der Waals surface area (Å²) in [6, 6.07) is 0. The highest BCUT2D eigenvalue weighted by atomic mass is 28.4. The molecule has 1 atom stereocenters. The summed E-state index contributed by atoms with van der Waals surface area (Å²) in [6.07, 6.45) is 2.46. The lowest BCUT2D eigenvalue weighted by atomic mass is 9.97. The minimum atomic E-state index is -1.36. The van der Waals surface area contributed by atoms with Crippen LogP contribution in [-0.2, 0) is 4.43 Å². The molecule has 0 aliphatic carbocycles. The molecule has 0 saturated carbocycles. The zero-order chi connectivity index (χ0) is 9.24. The third-order valence-corrected chi connectivity index (χ3v) is 3.22. The van der Waals surface area contributed by atoms with Crippen LogP contribution in [0, 0.1) is 0 Å². The maximum absolute atomic E-state index is 6.14. The highest BCUT2D eigenvalue weighted by Gasteiger charge is 2.32. The molecule has 0 aromatic rings. The Balaban J connectivity index is 2.47. The summed E-state index contributed by atoms with van der Waals surface area (Å²) in [4.78, 5) is 0. The number of nitrogens with one attached hydrogen (secondary N) is 1. The highest BCUT2D eigenvalue weighted by Crippen LogP contribution is 2.24. The fourth-order valence-corrected chi connectivity index (χ4v) is 3.51. The van der Waals surface area contributed by atoms with Crippen molar-refractivity contribution < 1.29 is 4.43 Å². The van der Waals surface area contributed by atoms with E-state index in [-0.39, 0.29) is 5.60 Å². The first kappa shape index (κ1) is 10.2. The predicted molar refractivity (Wildman–Crippen MR) is 54.9 cm³/mol. The molecule has 1 heterocycles. The lowest BCUT2D eigenvalue weighted by Crippen LogP contribution is -2.50. The minimum Gasteiger partial charge on any atom is -0.411 e. The van der Waals surface area contributed by atoms with Crippen LogP contribution in [0.25, 0.3) is 0 Å². The van der Waals surface area contributed by atoms with Gasteiger partial charge in [0.1, 0.15) is 0 Å². The van der Waals surface area contributed by atoms with Crippen LogP contribution < -0.4 is 5.32 Å². The molecule has 0 bridgehead atoms. The van der Waals surface area contributed by atoms with E-state index in [1.807, 2.05) is 0 Å². The molecule has 1 rings (SSSR count). The average molecular weight is 187 g/mol. The Morgan fingerprint density at radius 3 is 2.42 bits per heavy atom. The molecule has 1 aliphatic heterocycles. The third kappa shape index (κ3) is 3.25. The maximum atomic E-state index is 6.14.